The molecule has 1 unspecified atom stereocenters. The molecular formula is C17H20Cl2N4O2. The largest absolute Gasteiger partial charge is 0.486 e. The number of anilines is 1. The van der Waals surface area contributed by atoms with E-state index in [2.05, 4.69) is 19.8 Å². The maximum absolute atomic E-state index is 6.04. The molecule has 4 rings (SSSR count). The van der Waals surface area contributed by atoms with Crippen molar-refractivity contribution in [2.75, 3.05) is 44.2 Å². The molecule has 1 fully saturated rings. The molecule has 2 aromatic rings. The van der Waals surface area contributed by atoms with E-state index in [0.29, 0.717) is 17.7 Å². The lowest BCUT2D eigenvalue weighted by molar-refractivity contribution is 0.0570. The molecule has 0 radical (unpaired) electrons. The van der Waals surface area contributed by atoms with Crippen LogP contribution in [0.3, 0.4) is 0 Å². The van der Waals surface area contributed by atoms with Gasteiger partial charge in [0.2, 0.25) is 5.95 Å². The van der Waals surface area contributed by atoms with Gasteiger partial charge < -0.3 is 14.4 Å². The molecule has 0 bridgehead atoms. The minimum atomic E-state index is 0. The summed E-state index contributed by atoms with van der Waals surface area (Å²) in [4.78, 5) is 13.1. The average Bonchev–Trinajstić information content (AvgIpc) is 2.62. The van der Waals surface area contributed by atoms with Crippen molar-refractivity contribution in [2.24, 2.45) is 0 Å². The van der Waals surface area contributed by atoms with Gasteiger partial charge in [0.1, 0.15) is 17.9 Å². The number of ether oxygens (including phenoxy) is 2. The fraction of sp³-hybridized carbons (Fsp3) is 0.412. The van der Waals surface area contributed by atoms with Crippen molar-refractivity contribution >= 4 is 30.0 Å². The van der Waals surface area contributed by atoms with Gasteiger partial charge in [-0.15, -0.1) is 12.4 Å². The van der Waals surface area contributed by atoms with Gasteiger partial charge in [-0.2, -0.15) is 0 Å². The van der Waals surface area contributed by atoms with Crippen molar-refractivity contribution in [3.05, 3.63) is 41.7 Å². The minimum Gasteiger partial charge on any atom is -0.486 e. The van der Waals surface area contributed by atoms with E-state index in [1.165, 1.54) is 0 Å². The second kappa shape index (κ2) is 8.08. The second-order valence-electron chi connectivity index (χ2n) is 5.96. The highest BCUT2D eigenvalue weighted by atomic mass is 35.5. The van der Waals surface area contributed by atoms with Gasteiger partial charge in [0, 0.05) is 38.9 Å². The zero-order chi connectivity index (χ0) is 16.4. The average molecular weight is 383 g/mol. The summed E-state index contributed by atoms with van der Waals surface area (Å²) in [6.45, 7) is 5.09. The third-order valence-electron chi connectivity index (χ3n) is 4.29. The van der Waals surface area contributed by atoms with E-state index in [0.717, 1.165) is 44.2 Å². The molecule has 0 spiro atoms. The van der Waals surface area contributed by atoms with E-state index in [9.17, 15) is 0 Å². The van der Waals surface area contributed by atoms with Crippen LogP contribution in [0.5, 0.6) is 11.5 Å². The summed E-state index contributed by atoms with van der Waals surface area (Å²) in [5.41, 5.74) is 0. The van der Waals surface area contributed by atoms with Crippen LogP contribution >= 0.6 is 24.0 Å². The van der Waals surface area contributed by atoms with E-state index in [1.807, 2.05) is 24.3 Å². The van der Waals surface area contributed by atoms with Crippen LogP contribution in [-0.2, 0) is 0 Å². The molecule has 0 aliphatic carbocycles. The molecule has 2 aliphatic rings. The molecule has 6 nitrogen and oxygen atoms in total. The lowest BCUT2D eigenvalue weighted by atomic mass is 10.2. The van der Waals surface area contributed by atoms with Crippen LogP contribution < -0.4 is 14.4 Å². The first-order valence-corrected chi connectivity index (χ1v) is 8.50. The van der Waals surface area contributed by atoms with Crippen molar-refractivity contribution in [1.29, 1.82) is 0 Å². The van der Waals surface area contributed by atoms with Gasteiger partial charge in [-0.3, -0.25) is 4.90 Å². The van der Waals surface area contributed by atoms with Gasteiger partial charge in [-0.1, -0.05) is 23.7 Å². The monoisotopic (exact) mass is 382 g/mol. The van der Waals surface area contributed by atoms with Crippen molar-refractivity contribution in [2.45, 2.75) is 6.10 Å². The molecule has 8 heteroatoms. The summed E-state index contributed by atoms with van der Waals surface area (Å²) < 4.78 is 11.8. The molecule has 134 valence electrons. The number of hydrogen-bond acceptors (Lipinski definition) is 6. The standard InChI is InChI=1S/C17H19ClN4O2.ClH/c18-16-5-6-19-17(20-16)22-9-7-21(8-10-22)11-13-12-23-14-3-1-2-4-15(14)24-13;/h1-6,13H,7-12H2;1H. The first-order valence-electron chi connectivity index (χ1n) is 8.12. The van der Waals surface area contributed by atoms with E-state index in [-0.39, 0.29) is 18.5 Å². The first-order chi connectivity index (χ1) is 11.8. The highest BCUT2D eigenvalue weighted by molar-refractivity contribution is 6.29. The molecule has 3 heterocycles. The highest BCUT2D eigenvalue weighted by Gasteiger charge is 2.26. The van der Waals surface area contributed by atoms with Crippen LogP contribution in [0.2, 0.25) is 5.15 Å². The Balaban J connectivity index is 0.00000182. The number of benzene rings is 1. The Morgan fingerprint density at radius 3 is 2.60 bits per heavy atom. The summed E-state index contributed by atoms with van der Waals surface area (Å²) in [6, 6.07) is 9.51. The summed E-state index contributed by atoms with van der Waals surface area (Å²) in [7, 11) is 0. The number of rotatable bonds is 3. The van der Waals surface area contributed by atoms with Crippen molar-refractivity contribution in [3.63, 3.8) is 0 Å². The molecule has 1 aromatic heterocycles. The third kappa shape index (κ3) is 4.26. The van der Waals surface area contributed by atoms with Gasteiger partial charge in [-0.05, 0) is 18.2 Å². The molecule has 2 aliphatic heterocycles. The Morgan fingerprint density at radius 1 is 1.08 bits per heavy atom. The third-order valence-corrected chi connectivity index (χ3v) is 4.50. The quantitative estimate of drug-likeness (QED) is 0.760. The van der Waals surface area contributed by atoms with Crippen LogP contribution in [0.4, 0.5) is 5.95 Å². The SMILES string of the molecule is Cl.Clc1ccnc(N2CCN(CC3COc4ccccc4O3)CC2)n1. The van der Waals surface area contributed by atoms with Gasteiger partial charge >= 0.3 is 0 Å². The van der Waals surface area contributed by atoms with Crippen molar-refractivity contribution < 1.29 is 9.47 Å². The van der Waals surface area contributed by atoms with Crippen molar-refractivity contribution in [3.8, 4) is 11.5 Å². The van der Waals surface area contributed by atoms with E-state index in [4.69, 9.17) is 21.1 Å². The van der Waals surface area contributed by atoms with Crippen LogP contribution in [0.1, 0.15) is 0 Å². The fourth-order valence-corrected chi connectivity index (χ4v) is 3.18. The number of para-hydroxylation sites is 2. The predicted molar refractivity (Wildman–Crippen MR) is 99.3 cm³/mol. The Hall–Kier alpha value is -1.76. The van der Waals surface area contributed by atoms with Crippen LogP contribution in [0.25, 0.3) is 0 Å². The number of aromatic nitrogens is 2. The predicted octanol–water partition coefficient (Wildman–Crippen LogP) is 2.51. The molecule has 0 saturated carbocycles. The highest BCUT2D eigenvalue weighted by Crippen LogP contribution is 2.31. The summed E-state index contributed by atoms with van der Waals surface area (Å²) in [5.74, 6) is 2.37. The number of hydrogen-bond donors (Lipinski definition) is 0. The zero-order valence-corrected chi connectivity index (χ0v) is 15.2. The topological polar surface area (TPSA) is 50.7 Å². The maximum atomic E-state index is 6.04. The number of nitrogens with zero attached hydrogens (tertiary/aromatic N) is 4. The molecule has 0 amide bonds. The summed E-state index contributed by atoms with van der Waals surface area (Å²) in [5, 5.41) is 0.480. The maximum Gasteiger partial charge on any atom is 0.226 e. The zero-order valence-electron chi connectivity index (χ0n) is 13.7. The number of piperazine rings is 1. The van der Waals surface area contributed by atoms with E-state index < -0.39 is 0 Å². The van der Waals surface area contributed by atoms with Gasteiger partial charge in [-0.25, -0.2) is 9.97 Å². The smallest absolute Gasteiger partial charge is 0.226 e. The second-order valence-corrected chi connectivity index (χ2v) is 6.35. The lowest BCUT2D eigenvalue weighted by Crippen LogP contribution is -2.51. The Bertz CT molecular complexity index is 711. The van der Waals surface area contributed by atoms with Crippen LogP contribution in [0.15, 0.2) is 36.5 Å². The van der Waals surface area contributed by atoms with Gasteiger partial charge in [0.25, 0.3) is 0 Å². The lowest BCUT2D eigenvalue weighted by Gasteiger charge is -2.37. The number of fused-ring (bicyclic) bond motifs is 1. The molecule has 25 heavy (non-hydrogen) atoms. The molecule has 1 aromatic carbocycles. The van der Waals surface area contributed by atoms with Gasteiger partial charge in [0.15, 0.2) is 11.5 Å². The summed E-state index contributed by atoms with van der Waals surface area (Å²) >= 11 is 5.94. The Labute approximate surface area is 158 Å². The van der Waals surface area contributed by atoms with Gasteiger partial charge in [0.05, 0.1) is 0 Å². The Morgan fingerprint density at radius 2 is 1.84 bits per heavy atom. The van der Waals surface area contributed by atoms with E-state index in [1.54, 1.807) is 12.3 Å². The minimum absolute atomic E-state index is 0. The Kier molecular flexibility index (Phi) is 5.83. The summed E-state index contributed by atoms with van der Waals surface area (Å²) in [6.07, 6.45) is 1.76. The van der Waals surface area contributed by atoms with Crippen LogP contribution in [-0.4, -0.2) is 60.3 Å². The molecular weight excluding hydrogens is 363 g/mol. The van der Waals surface area contributed by atoms with Crippen LogP contribution in [0, 0.1) is 0 Å². The number of halogens is 2. The normalized spacial score (nSPS) is 20.0. The van der Waals surface area contributed by atoms with Crippen molar-refractivity contribution in [1.82, 2.24) is 14.9 Å². The first kappa shape index (κ1) is 18.0. The fourth-order valence-electron chi connectivity index (χ4n) is 3.05. The molecule has 1 saturated heterocycles. The van der Waals surface area contributed by atoms with E-state index >= 15 is 0 Å². The molecule has 1 atom stereocenters. The molecule has 0 N–H and O–H groups in total.